The van der Waals surface area contributed by atoms with E-state index in [-0.39, 0.29) is 6.61 Å². The van der Waals surface area contributed by atoms with Gasteiger partial charge in [0.15, 0.2) is 0 Å². The van der Waals surface area contributed by atoms with E-state index in [4.69, 9.17) is 18.9 Å². The molecule has 114 valence electrons. The van der Waals surface area contributed by atoms with E-state index < -0.39 is 6.67 Å². The number of allylic oxidation sites excluding steroid dienone is 1. The summed E-state index contributed by atoms with van der Waals surface area (Å²) in [5, 5.41) is 0. The zero-order valence-electron chi connectivity index (χ0n) is 11.9. The van der Waals surface area contributed by atoms with Crippen molar-refractivity contribution in [2.24, 2.45) is 0 Å². The molecule has 0 bridgehead atoms. The van der Waals surface area contributed by atoms with E-state index in [9.17, 15) is 4.39 Å². The van der Waals surface area contributed by atoms with E-state index in [1.54, 1.807) is 7.11 Å². The van der Waals surface area contributed by atoms with Crippen molar-refractivity contribution in [2.75, 3.05) is 60.0 Å². The van der Waals surface area contributed by atoms with Crippen LogP contribution in [0.3, 0.4) is 0 Å². The second kappa shape index (κ2) is 17.5. The number of alkyl halides is 1. The third-order valence-corrected chi connectivity index (χ3v) is 2.28. The Hall–Kier alpha value is -0.490. The van der Waals surface area contributed by atoms with Crippen LogP contribution in [0, 0.1) is 0 Å². The molecule has 0 unspecified atom stereocenters. The Morgan fingerprint density at radius 1 is 0.947 bits per heavy atom. The Morgan fingerprint density at radius 3 is 2.37 bits per heavy atom. The maximum absolute atomic E-state index is 11.4. The van der Waals surface area contributed by atoms with Crippen LogP contribution < -0.4 is 0 Å². The van der Waals surface area contributed by atoms with Crippen LogP contribution >= 0.6 is 0 Å². The average molecular weight is 278 g/mol. The molecule has 0 aromatic heterocycles. The van der Waals surface area contributed by atoms with Gasteiger partial charge in [0.2, 0.25) is 0 Å². The molecule has 4 nitrogen and oxygen atoms in total. The van der Waals surface area contributed by atoms with Crippen LogP contribution in [-0.2, 0) is 18.9 Å². The Balaban J connectivity index is 0.000000356. The monoisotopic (exact) mass is 278 g/mol. The van der Waals surface area contributed by atoms with Crippen molar-refractivity contribution >= 4 is 0 Å². The maximum atomic E-state index is 11.4. The highest BCUT2D eigenvalue weighted by atomic mass is 19.1. The first-order valence-electron chi connectivity index (χ1n) is 6.85. The van der Waals surface area contributed by atoms with E-state index in [0.717, 1.165) is 19.6 Å². The molecule has 1 aliphatic heterocycles. The summed E-state index contributed by atoms with van der Waals surface area (Å²) in [6, 6.07) is 0. The number of hydrogen-bond acceptors (Lipinski definition) is 4. The first-order valence-corrected chi connectivity index (χ1v) is 6.85. The first-order chi connectivity index (χ1) is 9.41. The fourth-order valence-electron chi connectivity index (χ4n) is 1.31. The molecule has 0 saturated heterocycles. The van der Waals surface area contributed by atoms with E-state index >= 15 is 0 Å². The van der Waals surface area contributed by atoms with E-state index in [1.165, 1.54) is 12.8 Å². The number of hydrogen-bond donors (Lipinski definition) is 0. The number of ether oxygens (including phenoxy) is 4. The second-order valence-electron chi connectivity index (χ2n) is 3.92. The van der Waals surface area contributed by atoms with Crippen LogP contribution in [0.4, 0.5) is 4.39 Å². The molecule has 19 heavy (non-hydrogen) atoms. The third kappa shape index (κ3) is 17.5. The lowest BCUT2D eigenvalue weighted by Crippen LogP contribution is -2.09. The molecule has 1 heterocycles. The molecule has 0 radical (unpaired) electrons. The number of rotatable bonds is 8. The van der Waals surface area contributed by atoms with Crippen molar-refractivity contribution in [2.45, 2.75) is 19.3 Å². The molecule has 0 atom stereocenters. The zero-order chi connectivity index (χ0) is 14.0. The van der Waals surface area contributed by atoms with Crippen molar-refractivity contribution in [3.63, 3.8) is 0 Å². The summed E-state index contributed by atoms with van der Waals surface area (Å²) < 4.78 is 31.3. The molecule has 0 aromatic carbocycles. The lowest BCUT2D eigenvalue weighted by atomic mass is 10.2. The van der Waals surface area contributed by atoms with Crippen molar-refractivity contribution < 1.29 is 23.3 Å². The number of halogens is 1. The fourth-order valence-corrected chi connectivity index (χ4v) is 1.31. The van der Waals surface area contributed by atoms with Gasteiger partial charge in [-0.1, -0.05) is 12.2 Å². The van der Waals surface area contributed by atoms with Crippen molar-refractivity contribution in [3.8, 4) is 0 Å². The lowest BCUT2D eigenvalue weighted by Gasteiger charge is -2.02. The highest BCUT2D eigenvalue weighted by Crippen LogP contribution is 1.98. The van der Waals surface area contributed by atoms with Crippen molar-refractivity contribution in [1.29, 1.82) is 0 Å². The molecule has 0 aliphatic carbocycles. The maximum Gasteiger partial charge on any atom is 0.113 e. The van der Waals surface area contributed by atoms with Gasteiger partial charge in [-0.15, -0.1) is 0 Å². The van der Waals surface area contributed by atoms with Gasteiger partial charge >= 0.3 is 0 Å². The summed E-state index contributed by atoms with van der Waals surface area (Å²) >= 11 is 0. The molecule has 1 rings (SSSR count). The lowest BCUT2D eigenvalue weighted by molar-refractivity contribution is 0.0219. The standard InChI is InChI=1S/C7H15FO3.C7H12O/c1-9-4-5-11-7-6-10-3-2-8;1-2-4-6-8-7-5-3-1/h2-7H2,1H3;1-2H,3-7H2/b;2-1+. The SMILES string of the molecule is C1=C/CCOCCC/1.COCCOCCOCCF. The Kier molecular flexibility index (Phi) is 17.1. The average Bonchev–Trinajstić information content (AvgIpc) is 2.38. The topological polar surface area (TPSA) is 36.9 Å². The van der Waals surface area contributed by atoms with Crippen molar-refractivity contribution in [3.05, 3.63) is 12.2 Å². The Labute approximate surface area is 115 Å². The van der Waals surface area contributed by atoms with Crippen molar-refractivity contribution in [1.82, 2.24) is 0 Å². The largest absolute Gasteiger partial charge is 0.382 e. The minimum atomic E-state index is -0.432. The molecule has 0 fully saturated rings. The van der Waals surface area contributed by atoms with Gasteiger partial charge in [-0.25, -0.2) is 4.39 Å². The molecule has 0 amide bonds. The summed E-state index contributed by atoms with van der Waals surface area (Å²) in [5.74, 6) is 0. The van der Waals surface area contributed by atoms with E-state index in [0.29, 0.717) is 26.4 Å². The molecule has 1 aliphatic rings. The summed E-state index contributed by atoms with van der Waals surface area (Å²) in [4.78, 5) is 0. The highest BCUT2D eigenvalue weighted by molar-refractivity contribution is 4.82. The summed E-state index contributed by atoms with van der Waals surface area (Å²) in [6.45, 7) is 3.70. The van der Waals surface area contributed by atoms with Gasteiger partial charge in [0.1, 0.15) is 6.67 Å². The molecule has 0 N–H and O–H groups in total. The Bertz CT molecular complexity index is 170. The molecule has 0 spiro atoms. The summed E-state index contributed by atoms with van der Waals surface area (Å²) in [7, 11) is 1.61. The zero-order valence-corrected chi connectivity index (χ0v) is 11.9. The van der Waals surface area contributed by atoms with Crippen LogP contribution in [0.2, 0.25) is 0 Å². The fraction of sp³-hybridized carbons (Fsp3) is 0.857. The molecular formula is C14H27FO4. The minimum absolute atomic E-state index is 0.160. The van der Waals surface area contributed by atoms with Gasteiger partial charge in [0.25, 0.3) is 0 Å². The predicted molar refractivity (Wildman–Crippen MR) is 73.3 cm³/mol. The summed E-state index contributed by atoms with van der Waals surface area (Å²) in [6.07, 6.45) is 7.91. The van der Waals surface area contributed by atoms with Gasteiger partial charge in [-0.05, 0) is 19.3 Å². The van der Waals surface area contributed by atoms with Crippen LogP contribution in [0.1, 0.15) is 19.3 Å². The molecule has 5 heteroatoms. The van der Waals surface area contributed by atoms with Gasteiger partial charge in [0, 0.05) is 13.7 Å². The quantitative estimate of drug-likeness (QED) is 0.504. The van der Waals surface area contributed by atoms with Gasteiger partial charge in [0.05, 0.1) is 39.6 Å². The molecule has 0 aromatic rings. The van der Waals surface area contributed by atoms with Crippen LogP contribution in [0.25, 0.3) is 0 Å². The van der Waals surface area contributed by atoms with E-state index in [1.807, 2.05) is 0 Å². The third-order valence-electron chi connectivity index (χ3n) is 2.28. The number of methoxy groups -OCH3 is 1. The summed E-state index contributed by atoms with van der Waals surface area (Å²) in [5.41, 5.74) is 0. The van der Waals surface area contributed by atoms with Gasteiger partial charge in [-0.3, -0.25) is 0 Å². The van der Waals surface area contributed by atoms with E-state index in [2.05, 4.69) is 12.2 Å². The second-order valence-corrected chi connectivity index (χ2v) is 3.92. The van der Waals surface area contributed by atoms with Crippen LogP contribution in [0.5, 0.6) is 0 Å². The Morgan fingerprint density at radius 2 is 1.63 bits per heavy atom. The molecular weight excluding hydrogens is 251 g/mol. The minimum Gasteiger partial charge on any atom is -0.382 e. The van der Waals surface area contributed by atoms with Gasteiger partial charge < -0.3 is 18.9 Å². The van der Waals surface area contributed by atoms with Gasteiger partial charge in [-0.2, -0.15) is 0 Å². The smallest absolute Gasteiger partial charge is 0.113 e. The van der Waals surface area contributed by atoms with Crippen LogP contribution in [-0.4, -0.2) is 60.0 Å². The molecule has 0 saturated carbocycles. The first kappa shape index (κ1) is 18.5. The normalized spacial score (nSPS) is 16.9. The predicted octanol–water partition coefficient (Wildman–Crippen LogP) is 2.38. The highest BCUT2D eigenvalue weighted by Gasteiger charge is 1.89. The van der Waals surface area contributed by atoms with Crippen LogP contribution in [0.15, 0.2) is 12.2 Å².